The van der Waals surface area contributed by atoms with Crippen molar-refractivity contribution in [1.82, 2.24) is 24.6 Å². The molecule has 0 spiro atoms. The molecule has 3 heterocycles. The van der Waals surface area contributed by atoms with Crippen LogP contribution >= 0.6 is 0 Å². The van der Waals surface area contributed by atoms with Gasteiger partial charge in [-0.1, -0.05) is 0 Å². The molecule has 1 aromatic carbocycles. The molecule has 2 aromatic heterocycles. The first-order valence-electron chi connectivity index (χ1n) is 10.4. The quantitative estimate of drug-likeness (QED) is 0.549. The summed E-state index contributed by atoms with van der Waals surface area (Å²) >= 11 is 0. The second-order valence-corrected chi connectivity index (χ2v) is 10.1. The van der Waals surface area contributed by atoms with Crippen LogP contribution in [0.15, 0.2) is 35.6 Å². The largest absolute Gasteiger partial charge is 0.447 e. The van der Waals surface area contributed by atoms with Crippen molar-refractivity contribution in [2.45, 2.75) is 43.7 Å². The lowest BCUT2D eigenvalue weighted by Gasteiger charge is -2.31. The maximum atomic E-state index is 14.2. The molecular weight excluding hydrogens is 453 g/mol. The van der Waals surface area contributed by atoms with Crippen LogP contribution in [0.25, 0.3) is 11.0 Å². The summed E-state index contributed by atoms with van der Waals surface area (Å²) in [7, 11) is -3.68. The molecule has 0 atom stereocenters. The first-order chi connectivity index (χ1) is 15.6. The number of sulfone groups is 1. The van der Waals surface area contributed by atoms with Crippen LogP contribution in [0.5, 0.6) is 11.6 Å². The summed E-state index contributed by atoms with van der Waals surface area (Å²) in [6, 6.07) is 3.55. The van der Waals surface area contributed by atoms with E-state index in [-0.39, 0.29) is 29.9 Å². The summed E-state index contributed by atoms with van der Waals surface area (Å²) in [5.74, 6) is -0.626. The molecular formula is C21H24FN5O5S. The summed E-state index contributed by atoms with van der Waals surface area (Å²) in [4.78, 5) is 21.8. The number of hydrogen-bond acceptors (Lipinski definition) is 8. The normalized spacial score (nSPS) is 15.2. The molecule has 0 bridgehead atoms. The number of carbonyl (C=O) groups is 1. The van der Waals surface area contributed by atoms with Crippen LogP contribution in [0, 0.1) is 5.82 Å². The van der Waals surface area contributed by atoms with Crippen molar-refractivity contribution in [2.75, 3.05) is 19.3 Å². The van der Waals surface area contributed by atoms with Crippen molar-refractivity contribution in [1.29, 1.82) is 0 Å². The fourth-order valence-corrected chi connectivity index (χ4v) is 4.44. The van der Waals surface area contributed by atoms with Gasteiger partial charge in [-0.25, -0.2) is 32.3 Å². The fraction of sp³-hybridized carbons (Fsp3) is 0.429. The standard InChI is InChI=1S/C21H24FN5O5S/c1-13(2)31-21(28)26-8-6-14(7-9-26)27-19-16(11-25-27)20(24-12-23-19)32-15-4-5-18(17(22)10-15)33(3,29)30/h4-5,10-14H,6-9H2,1-3H3. The van der Waals surface area contributed by atoms with E-state index < -0.39 is 20.5 Å². The van der Waals surface area contributed by atoms with Crippen LogP contribution in [0.1, 0.15) is 32.7 Å². The third kappa shape index (κ3) is 4.90. The van der Waals surface area contributed by atoms with Crippen LogP contribution in [0.3, 0.4) is 0 Å². The third-order valence-corrected chi connectivity index (χ3v) is 6.41. The highest BCUT2D eigenvalue weighted by atomic mass is 32.2. The molecule has 0 radical (unpaired) electrons. The van der Waals surface area contributed by atoms with Crippen LogP contribution < -0.4 is 4.74 Å². The molecule has 3 aromatic rings. The lowest BCUT2D eigenvalue weighted by atomic mass is 10.1. The third-order valence-electron chi connectivity index (χ3n) is 5.28. The number of amides is 1. The van der Waals surface area contributed by atoms with Gasteiger partial charge in [0, 0.05) is 25.4 Å². The number of piperidine rings is 1. The fourth-order valence-electron chi connectivity index (χ4n) is 3.72. The van der Waals surface area contributed by atoms with Gasteiger partial charge in [0.15, 0.2) is 15.5 Å². The number of nitrogens with zero attached hydrogens (tertiary/aromatic N) is 5. The zero-order chi connectivity index (χ0) is 23.8. The molecule has 4 rings (SSSR count). The van der Waals surface area contributed by atoms with E-state index in [0.29, 0.717) is 37.0 Å². The first kappa shape index (κ1) is 22.9. The molecule has 1 fully saturated rings. The highest BCUT2D eigenvalue weighted by Gasteiger charge is 2.27. The number of likely N-dealkylation sites (tertiary alicyclic amines) is 1. The van der Waals surface area contributed by atoms with E-state index in [9.17, 15) is 17.6 Å². The van der Waals surface area contributed by atoms with Gasteiger partial charge in [0.25, 0.3) is 0 Å². The lowest BCUT2D eigenvalue weighted by molar-refractivity contribution is 0.0656. The Kier molecular flexibility index (Phi) is 6.19. The summed E-state index contributed by atoms with van der Waals surface area (Å²) in [5.41, 5.74) is 0.552. The number of fused-ring (bicyclic) bond motifs is 1. The number of benzene rings is 1. The predicted octanol–water partition coefficient (Wildman–Crippen LogP) is 3.34. The Balaban J connectivity index is 1.52. The Morgan fingerprint density at radius 2 is 1.94 bits per heavy atom. The van der Waals surface area contributed by atoms with E-state index >= 15 is 0 Å². The average Bonchev–Trinajstić information content (AvgIpc) is 3.18. The minimum absolute atomic E-state index is 0.0276. The topological polar surface area (TPSA) is 117 Å². The molecule has 1 aliphatic rings. The number of aromatic nitrogens is 4. The lowest BCUT2D eigenvalue weighted by Crippen LogP contribution is -2.40. The van der Waals surface area contributed by atoms with Crippen molar-refractivity contribution in [2.24, 2.45) is 0 Å². The predicted molar refractivity (Wildman–Crippen MR) is 116 cm³/mol. The van der Waals surface area contributed by atoms with Gasteiger partial charge < -0.3 is 14.4 Å². The van der Waals surface area contributed by atoms with Crippen LogP contribution in [0.2, 0.25) is 0 Å². The Morgan fingerprint density at radius 1 is 1.21 bits per heavy atom. The van der Waals surface area contributed by atoms with Gasteiger partial charge in [-0.2, -0.15) is 5.10 Å². The zero-order valence-corrected chi connectivity index (χ0v) is 19.2. The number of rotatable bonds is 5. The van der Waals surface area contributed by atoms with Crippen molar-refractivity contribution in [3.05, 3.63) is 36.5 Å². The second-order valence-electron chi connectivity index (χ2n) is 8.12. The van der Waals surface area contributed by atoms with Gasteiger partial charge in [-0.05, 0) is 38.8 Å². The molecule has 0 saturated carbocycles. The van der Waals surface area contributed by atoms with Crippen LogP contribution in [-0.2, 0) is 14.6 Å². The summed E-state index contributed by atoms with van der Waals surface area (Å²) in [5, 5.41) is 4.98. The van der Waals surface area contributed by atoms with Gasteiger partial charge >= 0.3 is 6.09 Å². The van der Waals surface area contributed by atoms with Crippen molar-refractivity contribution < 1.29 is 27.1 Å². The highest BCUT2D eigenvalue weighted by molar-refractivity contribution is 7.90. The number of hydrogen-bond donors (Lipinski definition) is 0. The monoisotopic (exact) mass is 477 g/mol. The van der Waals surface area contributed by atoms with Gasteiger partial charge in [0.05, 0.1) is 18.3 Å². The maximum Gasteiger partial charge on any atom is 0.410 e. The molecule has 0 unspecified atom stereocenters. The molecule has 1 amide bonds. The second kappa shape index (κ2) is 8.93. The number of halogens is 1. The van der Waals surface area contributed by atoms with Gasteiger partial charge in [-0.15, -0.1) is 0 Å². The van der Waals surface area contributed by atoms with Crippen molar-refractivity contribution >= 4 is 27.0 Å². The average molecular weight is 478 g/mol. The Labute approximate surface area is 190 Å². The Bertz CT molecular complexity index is 1290. The van der Waals surface area contributed by atoms with Gasteiger partial charge in [0.2, 0.25) is 5.88 Å². The van der Waals surface area contributed by atoms with Crippen molar-refractivity contribution in [3.8, 4) is 11.6 Å². The molecule has 1 saturated heterocycles. The van der Waals surface area contributed by atoms with E-state index in [1.54, 1.807) is 15.8 Å². The maximum absolute atomic E-state index is 14.2. The molecule has 10 nitrogen and oxygen atoms in total. The van der Waals surface area contributed by atoms with E-state index in [4.69, 9.17) is 9.47 Å². The van der Waals surface area contributed by atoms with E-state index in [2.05, 4.69) is 15.1 Å². The van der Waals surface area contributed by atoms with Gasteiger partial charge in [0.1, 0.15) is 28.2 Å². The van der Waals surface area contributed by atoms with E-state index in [1.807, 2.05) is 13.8 Å². The molecule has 176 valence electrons. The minimum atomic E-state index is -3.68. The van der Waals surface area contributed by atoms with Crippen LogP contribution in [-0.4, -0.2) is 64.6 Å². The first-order valence-corrected chi connectivity index (χ1v) is 12.3. The Morgan fingerprint density at radius 3 is 2.58 bits per heavy atom. The van der Waals surface area contributed by atoms with E-state index in [0.717, 1.165) is 18.4 Å². The molecule has 12 heteroatoms. The minimum Gasteiger partial charge on any atom is -0.447 e. The Hall–Kier alpha value is -3.28. The van der Waals surface area contributed by atoms with E-state index in [1.165, 1.54) is 12.4 Å². The molecule has 0 aliphatic carbocycles. The van der Waals surface area contributed by atoms with Gasteiger partial charge in [-0.3, -0.25) is 0 Å². The smallest absolute Gasteiger partial charge is 0.410 e. The van der Waals surface area contributed by atoms with Crippen molar-refractivity contribution in [3.63, 3.8) is 0 Å². The zero-order valence-electron chi connectivity index (χ0n) is 18.4. The SMILES string of the molecule is CC(C)OC(=O)N1CCC(n2ncc3c(Oc4ccc(S(C)(=O)=O)c(F)c4)ncnc32)CC1. The molecule has 33 heavy (non-hydrogen) atoms. The highest BCUT2D eigenvalue weighted by Crippen LogP contribution is 2.31. The summed E-state index contributed by atoms with van der Waals surface area (Å²) < 4.78 is 50.2. The van der Waals surface area contributed by atoms with Crippen LogP contribution in [0.4, 0.5) is 9.18 Å². The molecule has 0 N–H and O–H groups in total. The molecule has 1 aliphatic heterocycles. The number of ether oxygens (including phenoxy) is 2. The summed E-state index contributed by atoms with van der Waals surface area (Å²) in [6.07, 6.45) is 4.71. The number of carbonyl (C=O) groups excluding carboxylic acids is 1. The summed E-state index contributed by atoms with van der Waals surface area (Å²) in [6.45, 7) is 4.71.